The van der Waals surface area contributed by atoms with E-state index >= 15 is 0 Å². The molecule has 3 nitrogen and oxygen atoms in total. The molecule has 0 aliphatic carbocycles. The average molecular weight is 262 g/mol. The summed E-state index contributed by atoms with van der Waals surface area (Å²) in [7, 11) is 0. The second kappa shape index (κ2) is 5.97. The fourth-order valence-electron chi connectivity index (χ4n) is 2.37. The largest absolute Gasteiger partial charge is 0.396 e. The summed E-state index contributed by atoms with van der Waals surface area (Å²) < 4.78 is 15.7. The Morgan fingerprint density at radius 1 is 1.37 bits per heavy atom. The molecule has 0 saturated heterocycles. The molecule has 1 aromatic carbocycles. The first-order valence-corrected chi connectivity index (χ1v) is 6.54. The van der Waals surface area contributed by atoms with Crippen molar-refractivity contribution in [2.75, 3.05) is 6.61 Å². The lowest BCUT2D eigenvalue weighted by Gasteiger charge is -2.16. The lowest BCUT2D eigenvalue weighted by Crippen LogP contribution is -2.13. The van der Waals surface area contributed by atoms with Crippen LogP contribution < -0.4 is 0 Å². The summed E-state index contributed by atoms with van der Waals surface area (Å²) >= 11 is 0. The predicted octanol–water partition coefficient (Wildman–Crippen LogP) is 2.67. The summed E-state index contributed by atoms with van der Waals surface area (Å²) in [6.07, 6.45) is 0.589. The maximum Gasteiger partial charge on any atom is 0.126 e. The van der Waals surface area contributed by atoms with Crippen LogP contribution in [-0.4, -0.2) is 21.5 Å². The summed E-state index contributed by atoms with van der Waals surface area (Å²) in [5.41, 5.74) is 2.54. The third-order valence-electron chi connectivity index (χ3n) is 3.31. The highest BCUT2D eigenvalue weighted by atomic mass is 19.1. The van der Waals surface area contributed by atoms with Gasteiger partial charge in [0.1, 0.15) is 5.82 Å². The number of rotatable bonds is 5. The van der Waals surface area contributed by atoms with Crippen LogP contribution in [0.1, 0.15) is 29.8 Å². The zero-order valence-electron chi connectivity index (χ0n) is 11.3. The Kier molecular flexibility index (Phi) is 4.32. The third kappa shape index (κ3) is 3.01. The highest BCUT2D eigenvalue weighted by molar-refractivity contribution is 5.24. The van der Waals surface area contributed by atoms with Gasteiger partial charge >= 0.3 is 0 Å². The molecule has 1 heterocycles. The van der Waals surface area contributed by atoms with Gasteiger partial charge in [-0.1, -0.05) is 18.2 Å². The van der Waals surface area contributed by atoms with E-state index in [2.05, 4.69) is 5.10 Å². The average Bonchev–Trinajstić information content (AvgIpc) is 2.77. The SMILES string of the molecule is CCn1nc(C)cc1CC(CO)c1ccccc1F. The molecule has 1 unspecified atom stereocenters. The molecule has 0 bridgehead atoms. The number of aliphatic hydroxyl groups is 1. The number of hydrogen-bond donors (Lipinski definition) is 1. The predicted molar refractivity (Wildman–Crippen MR) is 72.6 cm³/mol. The van der Waals surface area contributed by atoms with Crippen molar-refractivity contribution in [3.05, 3.63) is 53.1 Å². The van der Waals surface area contributed by atoms with Crippen LogP contribution in [0.25, 0.3) is 0 Å². The number of hydrogen-bond acceptors (Lipinski definition) is 2. The van der Waals surface area contributed by atoms with E-state index in [1.54, 1.807) is 18.2 Å². The molecule has 0 saturated carbocycles. The molecular formula is C15H19FN2O. The Labute approximate surface area is 112 Å². The maximum absolute atomic E-state index is 13.8. The van der Waals surface area contributed by atoms with Crippen LogP contribution in [0.3, 0.4) is 0 Å². The molecule has 2 rings (SSSR count). The van der Waals surface area contributed by atoms with Gasteiger partial charge in [-0.15, -0.1) is 0 Å². The van der Waals surface area contributed by atoms with Gasteiger partial charge in [0.15, 0.2) is 0 Å². The van der Waals surface area contributed by atoms with Crippen molar-refractivity contribution in [1.82, 2.24) is 9.78 Å². The second-order valence-corrected chi connectivity index (χ2v) is 4.70. The molecule has 4 heteroatoms. The van der Waals surface area contributed by atoms with E-state index < -0.39 is 0 Å². The van der Waals surface area contributed by atoms with Crippen molar-refractivity contribution >= 4 is 0 Å². The standard InChI is InChI=1S/C15H19FN2O/c1-3-18-13(8-11(2)17-18)9-12(10-19)14-6-4-5-7-15(14)16/h4-8,12,19H,3,9-10H2,1-2H3. The van der Waals surface area contributed by atoms with Crippen LogP contribution >= 0.6 is 0 Å². The van der Waals surface area contributed by atoms with Gasteiger partial charge in [0, 0.05) is 18.2 Å². The van der Waals surface area contributed by atoms with Crippen LogP contribution in [-0.2, 0) is 13.0 Å². The smallest absolute Gasteiger partial charge is 0.126 e. The number of aromatic nitrogens is 2. The quantitative estimate of drug-likeness (QED) is 0.899. The van der Waals surface area contributed by atoms with E-state index in [4.69, 9.17) is 0 Å². The summed E-state index contributed by atoms with van der Waals surface area (Å²) in [6.45, 7) is 4.66. The van der Waals surface area contributed by atoms with Gasteiger partial charge in [0.2, 0.25) is 0 Å². The fraction of sp³-hybridized carbons (Fsp3) is 0.400. The molecule has 102 valence electrons. The monoisotopic (exact) mass is 262 g/mol. The van der Waals surface area contributed by atoms with E-state index in [1.807, 2.05) is 24.6 Å². The van der Waals surface area contributed by atoms with Crippen molar-refractivity contribution < 1.29 is 9.50 Å². The molecule has 0 spiro atoms. The first-order chi connectivity index (χ1) is 9.15. The molecule has 19 heavy (non-hydrogen) atoms. The van der Waals surface area contributed by atoms with Gasteiger partial charge in [-0.3, -0.25) is 4.68 Å². The molecule has 0 aliphatic rings. The van der Waals surface area contributed by atoms with Gasteiger partial charge in [0.25, 0.3) is 0 Å². The first kappa shape index (κ1) is 13.7. The van der Waals surface area contributed by atoms with Crippen LogP contribution in [0, 0.1) is 12.7 Å². The van der Waals surface area contributed by atoms with Gasteiger partial charge in [-0.25, -0.2) is 4.39 Å². The minimum atomic E-state index is -0.263. The normalized spacial score (nSPS) is 12.6. The molecule has 2 aromatic rings. The summed E-state index contributed by atoms with van der Waals surface area (Å²) in [5.74, 6) is -0.497. The van der Waals surface area contributed by atoms with E-state index in [0.717, 1.165) is 17.9 Å². The topological polar surface area (TPSA) is 38.0 Å². The highest BCUT2D eigenvalue weighted by Crippen LogP contribution is 2.23. The molecule has 0 fully saturated rings. The Morgan fingerprint density at radius 3 is 2.74 bits per heavy atom. The van der Waals surface area contributed by atoms with Crippen molar-refractivity contribution in [3.8, 4) is 0 Å². The Bertz CT molecular complexity index is 551. The number of nitrogens with zero attached hydrogens (tertiary/aromatic N) is 2. The van der Waals surface area contributed by atoms with Crippen molar-refractivity contribution in [2.45, 2.75) is 32.7 Å². The Balaban J connectivity index is 2.26. The van der Waals surface area contributed by atoms with Crippen LogP contribution in [0.4, 0.5) is 4.39 Å². The summed E-state index contributed by atoms with van der Waals surface area (Å²) in [6, 6.07) is 8.61. The lowest BCUT2D eigenvalue weighted by atomic mass is 9.94. The van der Waals surface area contributed by atoms with Gasteiger partial charge in [-0.2, -0.15) is 5.10 Å². The van der Waals surface area contributed by atoms with Crippen LogP contribution in [0.5, 0.6) is 0 Å². The molecule has 0 amide bonds. The minimum Gasteiger partial charge on any atom is -0.396 e. The maximum atomic E-state index is 13.8. The first-order valence-electron chi connectivity index (χ1n) is 6.54. The third-order valence-corrected chi connectivity index (χ3v) is 3.31. The van der Waals surface area contributed by atoms with Gasteiger partial charge < -0.3 is 5.11 Å². The van der Waals surface area contributed by atoms with E-state index in [-0.39, 0.29) is 18.3 Å². The summed E-state index contributed by atoms with van der Waals surface area (Å²) in [4.78, 5) is 0. The lowest BCUT2D eigenvalue weighted by molar-refractivity contribution is 0.260. The van der Waals surface area contributed by atoms with E-state index in [9.17, 15) is 9.50 Å². The minimum absolute atomic E-state index is 0.0745. The number of halogens is 1. The number of aliphatic hydroxyl groups excluding tert-OH is 1. The van der Waals surface area contributed by atoms with Gasteiger partial charge in [0.05, 0.1) is 12.3 Å². The number of benzene rings is 1. The fourth-order valence-corrected chi connectivity index (χ4v) is 2.37. The summed E-state index contributed by atoms with van der Waals surface area (Å²) in [5, 5.41) is 13.9. The molecule has 0 radical (unpaired) electrons. The van der Waals surface area contributed by atoms with Crippen molar-refractivity contribution in [2.24, 2.45) is 0 Å². The van der Waals surface area contributed by atoms with Crippen molar-refractivity contribution in [3.63, 3.8) is 0 Å². The van der Waals surface area contributed by atoms with E-state index in [1.165, 1.54) is 6.07 Å². The second-order valence-electron chi connectivity index (χ2n) is 4.70. The molecule has 1 N–H and O–H groups in total. The highest BCUT2D eigenvalue weighted by Gasteiger charge is 2.17. The number of aryl methyl sites for hydroxylation is 2. The van der Waals surface area contributed by atoms with Crippen LogP contribution in [0.2, 0.25) is 0 Å². The zero-order chi connectivity index (χ0) is 13.8. The molecular weight excluding hydrogens is 243 g/mol. The van der Waals surface area contributed by atoms with Crippen LogP contribution in [0.15, 0.2) is 30.3 Å². The Morgan fingerprint density at radius 2 is 2.11 bits per heavy atom. The van der Waals surface area contributed by atoms with E-state index in [0.29, 0.717) is 12.0 Å². The molecule has 0 aliphatic heterocycles. The zero-order valence-corrected chi connectivity index (χ0v) is 11.3. The molecule has 1 aromatic heterocycles. The van der Waals surface area contributed by atoms with Gasteiger partial charge in [-0.05, 0) is 38.0 Å². The Hall–Kier alpha value is -1.68. The molecule has 1 atom stereocenters. The van der Waals surface area contributed by atoms with Crippen molar-refractivity contribution in [1.29, 1.82) is 0 Å².